The molecule has 1 aromatic carbocycles. The standard InChI is InChI=1S/C23H24N8OS2/c1-2-33-23-29-28-22(34-23)25-21(32)17-9-6-13-30(15-17)18-10-11-19(27-26-18)31-14-12-24-20(31)16-7-4-3-5-8-16/h3-5,7-8,10-12,14,17H,2,6,9,13,15H2,1H3,(H,25,28,32). The smallest absolute Gasteiger partial charge is 0.231 e. The van der Waals surface area contributed by atoms with Crippen molar-refractivity contribution < 1.29 is 4.79 Å². The summed E-state index contributed by atoms with van der Waals surface area (Å²) in [5.41, 5.74) is 1.01. The van der Waals surface area contributed by atoms with Crippen LogP contribution in [0.15, 0.2) is 59.2 Å². The highest BCUT2D eigenvalue weighted by atomic mass is 32.2. The second-order valence-electron chi connectivity index (χ2n) is 7.82. The molecule has 34 heavy (non-hydrogen) atoms. The Bertz CT molecular complexity index is 1240. The van der Waals surface area contributed by atoms with E-state index in [1.807, 2.05) is 53.2 Å². The van der Waals surface area contributed by atoms with Crippen LogP contribution < -0.4 is 10.2 Å². The van der Waals surface area contributed by atoms with Crippen LogP contribution in [0.3, 0.4) is 0 Å². The van der Waals surface area contributed by atoms with Crippen molar-refractivity contribution in [1.29, 1.82) is 0 Å². The Morgan fingerprint density at radius 3 is 2.74 bits per heavy atom. The van der Waals surface area contributed by atoms with Crippen molar-refractivity contribution in [3.8, 4) is 17.2 Å². The molecule has 1 aliphatic heterocycles. The molecule has 0 aliphatic carbocycles. The van der Waals surface area contributed by atoms with Crippen LogP contribution in [0.5, 0.6) is 0 Å². The fraction of sp³-hybridized carbons (Fsp3) is 0.304. The van der Waals surface area contributed by atoms with E-state index in [4.69, 9.17) is 0 Å². The molecule has 1 fully saturated rings. The predicted molar refractivity (Wildman–Crippen MR) is 134 cm³/mol. The number of imidazole rings is 1. The summed E-state index contributed by atoms with van der Waals surface area (Å²) in [5.74, 6) is 3.04. The van der Waals surface area contributed by atoms with Crippen molar-refractivity contribution in [3.05, 3.63) is 54.9 Å². The minimum absolute atomic E-state index is 0.0237. The number of amides is 1. The van der Waals surface area contributed by atoms with Crippen LogP contribution in [0, 0.1) is 5.92 Å². The summed E-state index contributed by atoms with van der Waals surface area (Å²) in [5, 5.41) is 20.6. The molecule has 0 radical (unpaired) electrons. The van der Waals surface area contributed by atoms with Gasteiger partial charge in [-0.15, -0.1) is 20.4 Å². The number of hydrogen-bond donors (Lipinski definition) is 1. The first-order valence-corrected chi connectivity index (χ1v) is 13.0. The van der Waals surface area contributed by atoms with Gasteiger partial charge in [-0.2, -0.15) is 0 Å². The Morgan fingerprint density at radius 2 is 1.94 bits per heavy atom. The zero-order valence-corrected chi connectivity index (χ0v) is 20.3. The number of hydrogen-bond acceptors (Lipinski definition) is 9. The molecule has 9 nitrogen and oxygen atoms in total. The van der Waals surface area contributed by atoms with Crippen molar-refractivity contribution in [2.45, 2.75) is 24.1 Å². The van der Waals surface area contributed by atoms with E-state index in [0.29, 0.717) is 17.5 Å². The van der Waals surface area contributed by atoms with Crippen molar-refractivity contribution >= 4 is 40.0 Å². The van der Waals surface area contributed by atoms with Crippen LogP contribution in [0.25, 0.3) is 17.2 Å². The van der Waals surface area contributed by atoms with E-state index in [9.17, 15) is 4.79 Å². The maximum absolute atomic E-state index is 12.8. The highest BCUT2D eigenvalue weighted by Gasteiger charge is 2.27. The van der Waals surface area contributed by atoms with E-state index in [1.165, 1.54) is 11.3 Å². The monoisotopic (exact) mass is 492 g/mol. The molecule has 4 aromatic rings. The number of nitrogens with one attached hydrogen (secondary N) is 1. The number of rotatable bonds is 7. The van der Waals surface area contributed by atoms with Crippen LogP contribution in [-0.4, -0.2) is 54.7 Å². The topological polar surface area (TPSA) is 102 Å². The van der Waals surface area contributed by atoms with Crippen LogP contribution >= 0.6 is 23.1 Å². The van der Waals surface area contributed by atoms with E-state index in [2.05, 4.69) is 42.5 Å². The summed E-state index contributed by atoms with van der Waals surface area (Å²) in [4.78, 5) is 19.4. The molecule has 0 saturated carbocycles. The predicted octanol–water partition coefficient (Wildman–Crippen LogP) is 4.15. The van der Waals surface area contributed by atoms with Gasteiger partial charge in [-0.3, -0.25) is 9.36 Å². The summed E-state index contributed by atoms with van der Waals surface area (Å²) in [6.07, 6.45) is 5.38. The third kappa shape index (κ3) is 4.95. The van der Waals surface area contributed by atoms with Gasteiger partial charge in [0.2, 0.25) is 11.0 Å². The Labute approximate surface area is 205 Å². The molecule has 1 atom stereocenters. The second-order valence-corrected chi connectivity index (χ2v) is 10.3. The molecule has 1 amide bonds. The van der Waals surface area contributed by atoms with E-state index in [-0.39, 0.29) is 11.8 Å². The maximum Gasteiger partial charge on any atom is 0.231 e. The number of benzene rings is 1. The third-order valence-corrected chi connectivity index (χ3v) is 7.43. The number of nitrogens with zero attached hydrogens (tertiary/aromatic N) is 7. The molecule has 1 N–H and O–H groups in total. The molecule has 3 aromatic heterocycles. The largest absolute Gasteiger partial charge is 0.354 e. The number of anilines is 2. The van der Waals surface area contributed by atoms with E-state index in [0.717, 1.165) is 46.7 Å². The SMILES string of the molecule is CCSc1nnc(NC(=O)C2CCCN(c3ccc(-n4ccnc4-c4ccccc4)nn3)C2)s1. The van der Waals surface area contributed by atoms with Crippen molar-refractivity contribution in [1.82, 2.24) is 29.9 Å². The van der Waals surface area contributed by atoms with Crippen LogP contribution in [0.4, 0.5) is 10.9 Å². The van der Waals surface area contributed by atoms with Gasteiger partial charge in [-0.25, -0.2) is 4.98 Å². The maximum atomic E-state index is 12.8. The lowest BCUT2D eigenvalue weighted by molar-refractivity contribution is -0.120. The Kier molecular flexibility index (Phi) is 6.82. The van der Waals surface area contributed by atoms with E-state index in [1.54, 1.807) is 18.0 Å². The normalized spacial score (nSPS) is 15.9. The summed E-state index contributed by atoms with van der Waals surface area (Å²) in [6.45, 7) is 3.50. The quantitative estimate of drug-likeness (QED) is 0.303. The molecular weight excluding hydrogens is 468 g/mol. The molecule has 1 unspecified atom stereocenters. The van der Waals surface area contributed by atoms with Crippen molar-refractivity contribution in [2.24, 2.45) is 5.92 Å². The first-order valence-electron chi connectivity index (χ1n) is 11.2. The number of aromatic nitrogens is 6. The molecular formula is C23H24N8OS2. The van der Waals surface area contributed by atoms with Gasteiger partial charge >= 0.3 is 0 Å². The molecule has 0 bridgehead atoms. The Hall–Kier alpha value is -3.31. The van der Waals surface area contributed by atoms with E-state index >= 15 is 0 Å². The highest BCUT2D eigenvalue weighted by Crippen LogP contribution is 2.27. The average Bonchev–Trinajstić information content (AvgIpc) is 3.55. The number of thioether (sulfide) groups is 1. The Morgan fingerprint density at radius 1 is 1.12 bits per heavy atom. The fourth-order valence-corrected chi connectivity index (χ4v) is 5.61. The molecule has 1 aliphatic rings. The van der Waals surface area contributed by atoms with Crippen LogP contribution in [0.2, 0.25) is 0 Å². The summed E-state index contributed by atoms with van der Waals surface area (Å²) in [7, 11) is 0. The minimum Gasteiger partial charge on any atom is -0.354 e. The minimum atomic E-state index is -0.139. The van der Waals surface area contributed by atoms with Gasteiger partial charge in [0.1, 0.15) is 5.82 Å². The number of carbonyl (C=O) groups excluding carboxylic acids is 1. The fourth-order valence-electron chi connectivity index (χ4n) is 3.95. The van der Waals surface area contributed by atoms with Gasteiger partial charge in [-0.1, -0.05) is 60.4 Å². The zero-order chi connectivity index (χ0) is 23.3. The summed E-state index contributed by atoms with van der Waals surface area (Å²) >= 11 is 3.03. The summed E-state index contributed by atoms with van der Waals surface area (Å²) < 4.78 is 2.79. The van der Waals surface area contributed by atoms with Crippen molar-refractivity contribution in [3.63, 3.8) is 0 Å². The Balaban J connectivity index is 1.26. The first kappa shape index (κ1) is 22.5. The molecule has 174 valence electrons. The molecule has 11 heteroatoms. The zero-order valence-electron chi connectivity index (χ0n) is 18.7. The van der Waals surface area contributed by atoms with Crippen LogP contribution in [-0.2, 0) is 4.79 Å². The lowest BCUT2D eigenvalue weighted by Gasteiger charge is -2.32. The van der Waals surface area contributed by atoms with Crippen LogP contribution in [0.1, 0.15) is 19.8 Å². The third-order valence-electron chi connectivity index (χ3n) is 5.58. The lowest BCUT2D eigenvalue weighted by Crippen LogP contribution is -2.41. The lowest BCUT2D eigenvalue weighted by atomic mass is 9.97. The molecule has 0 spiro atoms. The number of piperidine rings is 1. The van der Waals surface area contributed by atoms with Crippen molar-refractivity contribution in [2.75, 3.05) is 29.1 Å². The second kappa shape index (κ2) is 10.3. The number of carbonyl (C=O) groups is 1. The average molecular weight is 493 g/mol. The van der Waals surface area contributed by atoms with Gasteiger partial charge < -0.3 is 10.2 Å². The first-order chi connectivity index (χ1) is 16.7. The van der Waals surface area contributed by atoms with Gasteiger partial charge in [0.25, 0.3) is 0 Å². The summed E-state index contributed by atoms with van der Waals surface area (Å²) in [6, 6.07) is 13.9. The molecule has 1 saturated heterocycles. The molecule has 5 rings (SSSR count). The van der Waals surface area contributed by atoms with E-state index < -0.39 is 0 Å². The van der Waals surface area contributed by atoms with Gasteiger partial charge in [0, 0.05) is 31.0 Å². The molecule has 4 heterocycles. The highest BCUT2D eigenvalue weighted by molar-refractivity contribution is 8.01. The van der Waals surface area contributed by atoms with Gasteiger partial charge in [-0.05, 0) is 30.7 Å². The van der Waals surface area contributed by atoms with Gasteiger partial charge in [0.05, 0.1) is 5.92 Å². The van der Waals surface area contributed by atoms with Gasteiger partial charge in [0.15, 0.2) is 16.0 Å².